The minimum absolute atomic E-state index is 0.112. The molecule has 0 bridgehead atoms. The Balaban J connectivity index is 2.18. The molecule has 150 valence electrons. The molecular weight excluding hydrogens is 776 g/mol. The van der Waals surface area contributed by atoms with E-state index in [1.54, 1.807) is 0 Å². The van der Waals surface area contributed by atoms with Gasteiger partial charge < -0.3 is 9.84 Å². The molecular formula is C18H12Br6O3S. The molecule has 0 aliphatic rings. The number of benzene rings is 2. The van der Waals surface area contributed by atoms with Crippen LogP contribution >= 0.6 is 107 Å². The summed E-state index contributed by atoms with van der Waals surface area (Å²) >= 11 is 22.4. The van der Waals surface area contributed by atoms with Gasteiger partial charge in [-0.3, -0.25) is 0 Å². The lowest BCUT2D eigenvalue weighted by Crippen LogP contribution is -2.21. The predicted octanol–water partition coefficient (Wildman–Crippen LogP) is 8.69. The zero-order chi connectivity index (χ0) is 21.0. The van der Waals surface area contributed by atoms with Gasteiger partial charge in [0, 0.05) is 40.0 Å². The third-order valence-electron chi connectivity index (χ3n) is 3.55. The van der Waals surface area contributed by atoms with E-state index < -0.39 is 5.97 Å². The van der Waals surface area contributed by atoms with Gasteiger partial charge in [0.1, 0.15) is 5.75 Å². The fraction of sp³-hybridized carbons (Fsp3) is 0.167. The first kappa shape index (κ1) is 24.9. The van der Waals surface area contributed by atoms with Crippen molar-refractivity contribution < 1.29 is 14.6 Å². The van der Waals surface area contributed by atoms with E-state index in [2.05, 4.69) is 102 Å². The third-order valence-corrected chi connectivity index (χ3v) is 8.72. The minimum Gasteiger partial charge on any atom is -0.491 e. The van der Waals surface area contributed by atoms with Gasteiger partial charge in [-0.1, -0.05) is 38.4 Å². The number of carbonyl (C=O) groups is 1. The summed E-state index contributed by atoms with van der Waals surface area (Å²) in [6, 6.07) is 7.62. The average molecular weight is 788 g/mol. The highest BCUT2D eigenvalue weighted by Crippen LogP contribution is 2.40. The number of carboxylic acids is 1. The largest absolute Gasteiger partial charge is 0.491 e. The molecule has 0 aliphatic heterocycles. The summed E-state index contributed by atoms with van der Waals surface area (Å²) < 4.78 is 11.1. The number of rotatable bonds is 8. The number of aliphatic carboxylic acids is 1. The maximum absolute atomic E-state index is 11.5. The number of carboxylic acid groups (broad SMARTS) is 1. The van der Waals surface area contributed by atoms with Crippen LogP contribution in [0, 0.1) is 5.92 Å². The summed E-state index contributed by atoms with van der Waals surface area (Å²) in [6.07, 6.45) is 0. The van der Waals surface area contributed by atoms with Crippen molar-refractivity contribution in [3.05, 3.63) is 63.3 Å². The normalized spacial score (nSPS) is 11.9. The van der Waals surface area contributed by atoms with Gasteiger partial charge in [0.05, 0.1) is 15.6 Å². The van der Waals surface area contributed by atoms with E-state index in [-0.39, 0.29) is 18.1 Å². The standard InChI is InChI=1S/C18H12Br6O3S/c1-8(18(25)26)9(6-27-16-12(21)2-10(19)3-13(16)22)7-28-17-14(23)4-11(20)5-15(17)24/h2-5,9H,1,6-7H2,(H,25,26). The minimum atomic E-state index is -1.03. The van der Waals surface area contributed by atoms with E-state index in [4.69, 9.17) is 4.74 Å². The first-order valence-corrected chi connectivity index (χ1v) is 13.3. The van der Waals surface area contributed by atoms with Crippen LogP contribution in [-0.4, -0.2) is 23.4 Å². The molecule has 0 radical (unpaired) electrons. The van der Waals surface area contributed by atoms with Crippen molar-refractivity contribution in [1.29, 1.82) is 0 Å². The maximum atomic E-state index is 11.5. The molecule has 0 fully saturated rings. The Morgan fingerprint density at radius 3 is 1.89 bits per heavy atom. The molecule has 0 saturated carbocycles. The lowest BCUT2D eigenvalue weighted by molar-refractivity contribution is -0.133. The van der Waals surface area contributed by atoms with Crippen molar-refractivity contribution in [2.75, 3.05) is 12.4 Å². The van der Waals surface area contributed by atoms with Crippen LogP contribution < -0.4 is 4.74 Å². The highest BCUT2D eigenvalue weighted by atomic mass is 79.9. The lowest BCUT2D eigenvalue weighted by atomic mass is 10.0. The summed E-state index contributed by atoms with van der Waals surface area (Å²) in [5, 5.41) is 9.42. The van der Waals surface area contributed by atoms with Gasteiger partial charge in [0.25, 0.3) is 0 Å². The Bertz CT molecular complexity index is 811. The fourth-order valence-electron chi connectivity index (χ4n) is 2.13. The van der Waals surface area contributed by atoms with Crippen molar-refractivity contribution in [2.24, 2.45) is 5.92 Å². The van der Waals surface area contributed by atoms with Gasteiger partial charge in [0.2, 0.25) is 0 Å². The van der Waals surface area contributed by atoms with Gasteiger partial charge in [-0.2, -0.15) is 0 Å². The molecule has 0 aliphatic carbocycles. The molecule has 3 nitrogen and oxygen atoms in total. The summed E-state index contributed by atoms with van der Waals surface area (Å²) in [5.41, 5.74) is 0.112. The third kappa shape index (κ3) is 6.85. The molecule has 1 unspecified atom stereocenters. The molecule has 0 heterocycles. The number of hydrogen-bond acceptors (Lipinski definition) is 3. The van der Waals surface area contributed by atoms with Crippen molar-refractivity contribution >= 4 is 113 Å². The van der Waals surface area contributed by atoms with Crippen molar-refractivity contribution in [3.63, 3.8) is 0 Å². The summed E-state index contributed by atoms with van der Waals surface area (Å²) in [6.45, 7) is 3.93. The smallest absolute Gasteiger partial charge is 0.331 e. The lowest BCUT2D eigenvalue weighted by Gasteiger charge is -2.20. The zero-order valence-corrected chi connectivity index (χ0v) is 24.3. The van der Waals surface area contributed by atoms with E-state index in [9.17, 15) is 9.90 Å². The van der Waals surface area contributed by atoms with E-state index >= 15 is 0 Å². The average Bonchev–Trinajstić information content (AvgIpc) is 2.57. The van der Waals surface area contributed by atoms with Gasteiger partial charge in [0.15, 0.2) is 0 Å². The SMILES string of the molecule is C=C(C(=O)O)C(COc1c(Br)cc(Br)cc1Br)CSc1c(Br)cc(Br)cc1Br. The van der Waals surface area contributed by atoms with Crippen LogP contribution in [0.15, 0.2) is 68.1 Å². The fourth-order valence-corrected chi connectivity index (χ4v) is 8.62. The van der Waals surface area contributed by atoms with Crippen molar-refractivity contribution in [3.8, 4) is 5.75 Å². The van der Waals surface area contributed by atoms with Gasteiger partial charge in [-0.25, -0.2) is 4.79 Å². The molecule has 0 spiro atoms. The highest BCUT2D eigenvalue weighted by molar-refractivity contribution is 9.12. The second kappa shape index (κ2) is 11.3. The Morgan fingerprint density at radius 2 is 1.43 bits per heavy atom. The van der Waals surface area contributed by atoms with Crippen LogP contribution in [-0.2, 0) is 4.79 Å². The van der Waals surface area contributed by atoms with Crippen LogP contribution in [0.5, 0.6) is 5.75 Å². The van der Waals surface area contributed by atoms with Crippen LogP contribution in [0.3, 0.4) is 0 Å². The van der Waals surface area contributed by atoms with Crippen molar-refractivity contribution in [2.45, 2.75) is 4.90 Å². The Labute approximate surface area is 217 Å². The molecule has 28 heavy (non-hydrogen) atoms. The van der Waals surface area contributed by atoms with Crippen LogP contribution in [0.1, 0.15) is 0 Å². The summed E-state index contributed by atoms with van der Waals surface area (Å²) in [7, 11) is 0. The molecule has 1 atom stereocenters. The molecule has 2 aromatic rings. The van der Waals surface area contributed by atoms with E-state index in [0.29, 0.717) is 11.5 Å². The summed E-state index contributed by atoms with van der Waals surface area (Å²) in [5.74, 6) is -0.303. The summed E-state index contributed by atoms with van der Waals surface area (Å²) in [4.78, 5) is 12.5. The zero-order valence-electron chi connectivity index (χ0n) is 13.9. The number of halogens is 6. The predicted molar refractivity (Wildman–Crippen MR) is 136 cm³/mol. The Kier molecular flexibility index (Phi) is 10.1. The van der Waals surface area contributed by atoms with E-state index in [0.717, 1.165) is 31.7 Å². The molecule has 2 rings (SSSR count). The molecule has 0 aromatic heterocycles. The van der Waals surface area contributed by atoms with Crippen LogP contribution in [0.2, 0.25) is 0 Å². The molecule has 1 N–H and O–H groups in total. The van der Waals surface area contributed by atoms with Gasteiger partial charge in [-0.15, -0.1) is 11.8 Å². The molecule has 0 amide bonds. The van der Waals surface area contributed by atoms with E-state index in [1.165, 1.54) is 11.8 Å². The first-order valence-electron chi connectivity index (χ1n) is 7.57. The highest BCUT2D eigenvalue weighted by Gasteiger charge is 2.22. The topological polar surface area (TPSA) is 46.5 Å². The van der Waals surface area contributed by atoms with Crippen LogP contribution in [0.25, 0.3) is 0 Å². The number of thioether (sulfide) groups is 1. The molecule has 10 heteroatoms. The number of hydrogen-bond donors (Lipinski definition) is 1. The van der Waals surface area contributed by atoms with Gasteiger partial charge >= 0.3 is 5.97 Å². The van der Waals surface area contributed by atoms with Gasteiger partial charge in [-0.05, 0) is 88.0 Å². The maximum Gasteiger partial charge on any atom is 0.331 e. The molecule has 2 aromatic carbocycles. The number of ether oxygens (including phenoxy) is 1. The Morgan fingerprint density at radius 1 is 0.964 bits per heavy atom. The molecule has 0 saturated heterocycles. The Hall–Kier alpha value is 0.680. The first-order chi connectivity index (χ1) is 13.1. The van der Waals surface area contributed by atoms with E-state index in [1.807, 2.05) is 24.3 Å². The van der Waals surface area contributed by atoms with Crippen LogP contribution in [0.4, 0.5) is 0 Å². The monoisotopic (exact) mass is 782 g/mol. The quantitative estimate of drug-likeness (QED) is 0.215. The second-order valence-electron chi connectivity index (χ2n) is 5.55. The second-order valence-corrected chi connectivity index (χ2v) is 11.8. The van der Waals surface area contributed by atoms with Crippen molar-refractivity contribution in [1.82, 2.24) is 0 Å².